The lowest BCUT2D eigenvalue weighted by Crippen LogP contribution is -2.44. The Bertz CT molecular complexity index is 188. The fourth-order valence-corrected chi connectivity index (χ4v) is 0.559. The average molecular weight is 153 g/mol. The highest BCUT2D eigenvalue weighted by molar-refractivity contribution is 5.88. The van der Waals surface area contributed by atoms with Gasteiger partial charge in [0, 0.05) is 6.42 Å². The largest absolute Gasteiger partial charge is 0.308 e. The van der Waals surface area contributed by atoms with Crippen molar-refractivity contribution in [2.45, 2.75) is 25.8 Å². The number of likely N-dealkylation sites (N-methyl/N-ethyl adjacent to an activating group) is 1. The van der Waals surface area contributed by atoms with Crippen LogP contribution in [0.3, 0.4) is 0 Å². The summed E-state index contributed by atoms with van der Waals surface area (Å²) in [5.41, 5.74) is 2.13. The predicted molar refractivity (Wildman–Crippen MR) is 46.5 cm³/mol. The standard InChI is InChI=1S/C9H15NO/c1-5-6-7-8(11)9(2,3)10-4/h6,10H,1,7H2,2-4H3. The van der Waals surface area contributed by atoms with Gasteiger partial charge >= 0.3 is 0 Å². The third-order valence-corrected chi connectivity index (χ3v) is 1.75. The smallest absolute Gasteiger partial charge is 0.156 e. The van der Waals surface area contributed by atoms with E-state index in [0.717, 1.165) is 0 Å². The van der Waals surface area contributed by atoms with Crippen molar-refractivity contribution in [3.8, 4) is 0 Å². The number of carbonyl (C=O) groups excluding carboxylic acids is 1. The maximum absolute atomic E-state index is 11.3. The second-order valence-electron chi connectivity index (χ2n) is 2.91. The van der Waals surface area contributed by atoms with Crippen LogP contribution < -0.4 is 5.32 Å². The molecule has 0 saturated heterocycles. The molecule has 0 saturated carbocycles. The molecule has 0 aromatic rings. The molecule has 11 heavy (non-hydrogen) atoms. The molecule has 0 unspecified atom stereocenters. The monoisotopic (exact) mass is 153 g/mol. The van der Waals surface area contributed by atoms with E-state index in [0.29, 0.717) is 6.42 Å². The lowest BCUT2D eigenvalue weighted by Gasteiger charge is -2.20. The Hall–Kier alpha value is -0.850. The number of hydrogen-bond acceptors (Lipinski definition) is 2. The van der Waals surface area contributed by atoms with Gasteiger partial charge in [-0.1, -0.05) is 6.58 Å². The molecule has 0 aromatic carbocycles. The van der Waals surface area contributed by atoms with Gasteiger partial charge in [-0.05, 0) is 27.0 Å². The number of carbonyl (C=O) groups is 1. The van der Waals surface area contributed by atoms with Crippen LogP contribution in [0.25, 0.3) is 0 Å². The first-order valence-electron chi connectivity index (χ1n) is 3.61. The zero-order valence-corrected chi connectivity index (χ0v) is 7.40. The first-order chi connectivity index (χ1) is 5.04. The maximum atomic E-state index is 11.3. The summed E-state index contributed by atoms with van der Waals surface area (Å²) >= 11 is 0. The first-order valence-corrected chi connectivity index (χ1v) is 3.61. The molecular formula is C9H15NO. The number of nitrogens with one attached hydrogen (secondary N) is 1. The Kier molecular flexibility index (Phi) is 3.80. The molecule has 2 heteroatoms. The Morgan fingerprint density at radius 2 is 2.27 bits per heavy atom. The molecule has 0 atom stereocenters. The number of allylic oxidation sites excluding steroid dienone is 1. The minimum absolute atomic E-state index is 0.149. The predicted octanol–water partition coefficient (Wildman–Crippen LogP) is 1.28. The molecule has 0 aliphatic heterocycles. The van der Waals surface area contributed by atoms with Crippen molar-refractivity contribution in [1.29, 1.82) is 0 Å². The van der Waals surface area contributed by atoms with E-state index in [2.05, 4.69) is 17.6 Å². The van der Waals surface area contributed by atoms with E-state index < -0.39 is 5.54 Å². The molecule has 0 spiro atoms. The second kappa shape index (κ2) is 4.12. The molecule has 0 amide bonds. The van der Waals surface area contributed by atoms with E-state index in [1.54, 1.807) is 13.1 Å². The fourth-order valence-electron chi connectivity index (χ4n) is 0.559. The normalized spacial score (nSPS) is 10.5. The van der Waals surface area contributed by atoms with Gasteiger partial charge in [-0.2, -0.15) is 0 Å². The Morgan fingerprint density at radius 1 is 1.73 bits per heavy atom. The summed E-state index contributed by atoms with van der Waals surface area (Å²) in [5, 5.41) is 2.93. The van der Waals surface area contributed by atoms with Crippen LogP contribution in [-0.4, -0.2) is 18.4 Å². The van der Waals surface area contributed by atoms with Crippen LogP contribution in [0.2, 0.25) is 0 Å². The van der Waals surface area contributed by atoms with Crippen molar-refractivity contribution >= 4 is 5.78 Å². The van der Waals surface area contributed by atoms with Crippen molar-refractivity contribution in [3.05, 3.63) is 18.4 Å². The van der Waals surface area contributed by atoms with Gasteiger partial charge < -0.3 is 5.32 Å². The molecular weight excluding hydrogens is 138 g/mol. The molecule has 0 heterocycles. The van der Waals surface area contributed by atoms with Crippen molar-refractivity contribution in [2.75, 3.05) is 7.05 Å². The molecule has 0 bridgehead atoms. The summed E-state index contributed by atoms with van der Waals surface area (Å²) in [7, 11) is 1.77. The Morgan fingerprint density at radius 3 is 2.64 bits per heavy atom. The van der Waals surface area contributed by atoms with Crippen molar-refractivity contribution < 1.29 is 4.79 Å². The Balaban J connectivity index is 4.12. The van der Waals surface area contributed by atoms with Crippen LogP contribution in [0, 0.1) is 0 Å². The zero-order valence-electron chi connectivity index (χ0n) is 7.40. The quantitative estimate of drug-likeness (QED) is 0.616. The van der Waals surface area contributed by atoms with E-state index in [1.165, 1.54) is 0 Å². The fraction of sp³-hybridized carbons (Fsp3) is 0.556. The minimum atomic E-state index is -0.437. The summed E-state index contributed by atoms with van der Waals surface area (Å²) in [6, 6.07) is 0. The van der Waals surface area contributed by atoms with Gasteiger partial charge in [0.2, 0.25) is 0 Å². The first kappa shape index (κ1) is 10.2. The number of ketones is 1. The lowest BCUT2D eigenvalue weighted by atomic mass is 9.97. The lowest BCUT2D eigenvalue weighted by molar-refractivity contribution is -0.123. The van der Waals surface area contributed by atoms with E-state index in [4.69, 9.17) is 0 Å². The van der Waals surface area contributed by atoms with Gasteiger partial charge in [-0.15, -0.1) is 5.73 Å². The summed E-state index contributed by atoms with van der Waals surface area (Å²) in [6.07, 6.45) is 2.04. The van der Waals surface area contributed by atoms with Crippen LogP contribution in [0.4, 0.5) is 0 Å². The van der Waals surface area contributed by atoms with E-state index in [9.17, 15) is 4.79 Å². The topological polar surface area (TPSA) is 29.1 Å². The molecule has 0 aromatic heterocycles. The number of Topliss-reactive ketones (excluding diaryl/α,β-unsaturated/α-hetero) is 1. The molecule has 62 valence electrons. The SMILES string of the molecule is C=C=CCC(=O)C(C)(C)NC. The van der Waals surface area contributed by atoms with Crippen LogP contribution in [0.1, 0.15) is 20.3 Å². The summed E-state index contributed by atoms with van der Waals surface area (Å²) in [4.78, 5) is 11.3. The highest BCUT2D eigenvalue weighted by Gasteiger charge is 2.22. The summed E-state index contributed by atoms with van der Waals surface area (Å²) in [5.74, 6) is 0.149. The van der Waals surface area contributed by atoms with Crippen LogP contribution in [-0.2, 0) is 4.79 Å². The average Bonchev–Trinajstić information content (AvgIpc) is 2.00. The van der Waals surface area contributed by atoms with Crippen molar-refractivity contribution in [1.82, 2.24) is 5.32 Å². The number of rotatable bonds is 4. The highest BCUT2D eigenvalue weighted by atomic mass is 16.1. The van der Waals surface area contributed by atoms with Crippen LogP contribution in [0.5, 0.6) is 0 Å². The van der Waals surface area contributed by atoms with Crippen molar-refractivity contribution in [2.24, 2.45) is 0 Å². The molecule has 1 N–H and O–H groups in total. The molecule has 0 fully saturated rings. The van der Waals surface area contributed by atoms with Gasteiger partial charge in [-0.3, -0.25) is 4.79 Å². The molecule has 0 aliphatic carbocycles. The molecule has 0 rings (SSSR count). The van der Waals surface area contributed by atoms with E-state index in [-0.39, 0.29) is 5.78 Å². The molecule has 2 nitrogen and oxygen atoms in total. The van der Waals surface area contributed by atoms with Crippen LogP contribution >= 0.6 is 0 Å². The van der Waals surface area contributed by atoms with E-state index in [1.807, 2.05) is 13.8 Å². The molecule has 0 aliphatic rings. The van der Waals surface area contributed by atoms with Gasteiger partial charge in [0.1, 0.15) is 0 Å². The van der Waals surface area contributed by atoms with Gasteiger partial charge in [-0.25, -0.2) is 0 Å². The summed E-state index contributed by atoms with van der Waals surface area (Å²) in [6.45, 7) is 7.09. The maximum Gasteiger partial charge on any atom is 0.156 e. The van der Waals surface area contributed by atoms with Gasteiger partial charge in [0.05, 0.1) is 5.54 Å². The highest BCUT2D eigenvalue weighted by Crippen LogP contribution is 2.05. The Labute approximate surface area is 68.0 Å². The van der Waals surface area contributed by atoms with E-state index >= 15 is 0 Å². The zero-order chi connectivity index (χ0) is 8.91. The second-order valence-corrected chi connectivity index (χ2v) is 2.91. The number of hydrogen-bond donors (Lipinski definition) is 1. The van der Waals surface area contributed by atoms with Gasteiger partial charge in [0.25, 0.3) is 0 Å². The minimum Gasteiger partial charge on any atom is -0.308 e. The third-order valence-electron chi connectivity index (χ3n) is 1.75. The summed E-state index contributed by atoms with van der Waals surface area (Å²) < 4.78 is 0. The van der Waals surface area contributed by atoms with Crippen molar-refractivity contribution in [3.63, 3.8) is 0 Å². The molecule has 0 radical (unpaired) electrons. The van der Waals surface area contributed by atoms with Crippen LogP contribution in [0.15, 0.2) is 18.4 Å². The third kappa shape index (κ3) is 3.17. The van der Waals surface area contributed by atoms with Gasteiger partial charge in [0.15, 0.2) is 5.78 Å².